The minimum atomic E-state index is -0.455. The third kappa shape index (κ3) is 1.58. The summed E-state index contributed by atoms with van der Waals surface area (Å²) in [6.07, 6.45) is 6.72. The molecule has 0 bridgehead atoms. The third-order valence-electron chi connectivity index (χ3n) is 1.33. The molecule has 0 aliphatic rings. The van der Waals surface area contributed by atoms with Crippen molar-refractivity contribution >= 4 is 28.4 Å². The van der Waals surface area contributed by atoms with Crippen molar-refractivity contribution in [2.75, 3.05) is 0 Å². The quantitative estimate of drug-likeness (QED) is 0.272. The minimum absolute atomic E-state index is 0.0207. The van der Waals surface area contributed by atoms with E-state index < -0.39 is 4.92 Å². The maximum atomic E-state index is 10.4. The van der Waals surface area contributed by atoms with E-state index in [-0.39, 0.29) is 9.87 Å². The smallest absolute Gasteiger partial charge is 0.324 e. The van der Waals surface area contributed by atoms with Gasteiger partial charge in [0, 0.05) is 6.07 Å². The first-order valence-corrected chi connectivity index (χ1v) is 4.33. The Labute approximate surface area is 82.9 Å². The third-order valence-corrected chi connectivity index (χ3v) is 2.29. The van der Waals surface area contributed by atoms with Gasteiger partial charge >= 0.3 is 5.82 Å². The van der Waals surface area contributed by atoms with Gasteiger partial charge in [0.15, 0.2) is 0 Å². The molecule has 0 radical (unpaired) electrons. The summed E-state index contributed by atoms with van der Waals surface area (Å²) in [6.45, 7) is 0. The second-order valence-electron chi connectivity index (χ2n) is 2.03. The predicted molar refractivity (Wildman–Crippen MR) is 53.0 cm³/mol. The molecular formula is C7H5IN2O2. The molecule has 1 aromatic rings. The Hall–Kier alpha value is -1.03. The molecule has 1 unspecified atom stereocenters. The SMILES string of the molecule is C#CC(I)n1cccc1[N+](=O)[O-]. The van der Waals surface area contributed by atoms with Crippen LogP contribution in [0.4, 0.5) is 5.82 Å². The molecule has 1 rings (SSSR count). The largest absolute Gasteiger partial charge is 0.358 e. The number of halogens is 1. The summed E-state index contributed by atoms with van der Waals surface area (Å²) in [5.74, 6) is 2.43. The van der Waals surface area contributed by atoms with E-state index >= 15 is 0 Å². The Balaban J connectivity index is 3.09. The van der Waals surface area contributed by atoms with Crippen LogP contribution in [-0.2, 0) is 0 Å². The fourth-order valence-electron chi connectivity index (χ4n) is 0.811. The molecule has 0 aromatic carbocycles. The standard InChI is InChI=1S/C7H5IN2O2/c1-2-6(8)9-5-3-4-7(9)10(11)12/h1,3-6H. The Kier molecular flexibility index (Phi) is 2.70. The van der Waals surface area contributed by atoms with Gasteiger partial charge in [0.1, 0.15) is 0 Å². The van der Waals surface area contributed by atoms with Gasteiger partial charge in [-0.15, -0.1) is 6.42 Å². The molecule has 1 atom stereocenters. The Morgan fingerprint density at radius 3 is 3.00 bits per heavy atom. The van der Waals surface area contributed by atoms with E-state index in [1.807, 2.05) is 22.6 Å². The lowest BCUT2D eigenvalue weighted by Gasteiger charge is -2.01. The highest BCUT2D eigenvalue weighted by molar-refractivity contribution is 14.1. The highest BCUT2D eigenvalue weighted by Gasteiger charge is 2.16. The number of nitro groups is 1. The van der Waals surface area contributed by atoms with Gasteiger partial charge in [-0.1, -0.05) is 0 Å². The summed E-state index contributed by atoms with van der Waals surface area (Å²) in [6, 6.07) is 3.02. The number of hydrogen-bond acceptors (Lipinski definition) is 2. The monoisotopic (exact) mass is 276 g/mol. The van der Waals surface area contributed by atoms with E-state index in [1.54, 1.807) is 12.3 Å². The van der Waals surface area contributed by atoms with Gasteiger partial charge in [-0.2, -0.15) is 0 Å². The molecule has 5 heteroatoms. The number of nitrogens with zero attached hydrogens (tertiary/aromatic N) is 2. The van der Waals surface area contributed by atoms with Crippen LogP contribution in [0, 0.1) is 22.5 Å². The van der Waals surface area contributed by atoms with Crippen LogP contribution in [0.3, 0.4) is 0 Å². The van der Waals surface area contributed by atoms with E-state index in [9.17, 15) is 10.1 Å². The topological polar surface area (TPSA) is 48.1 Å². The van der Waals surface area contributed by atoms with Crippen molar-refractivity contribution in [3.63, 3.8) is 0 Å². The van der Waals surface area contributed by atoms with Gasteiger partial charge in [-0.05, 0) is 39.5 Å². The second-order valence-corrected chi connectivity index (χ2v) is 3.21. The van der Waals surface area contributed by atoms with Gasteiger partial charge in [0.05, 0.1) is 6.20 Å². The summed E-state index contributed by atoms with van der Waals surface area (Å²) < 4.78 is 1.12. The van der Waals surface area contributed by atoms with Crippen LogP contribution in [0.1, 0.15) is 4.05 Å². The molecule has 62 valence electrons. The summed E-state index contributed by atoms with van der Waals surface area (Å²) >= 11 is 1.95. The number of alkyl halides is 1. The maximum Gasteiger partial charge on any atom is 0.324 e. The number of terminal acetylenes is 1. The van der Waals surface area contributed by atoms with Crippen molar-refractivity contribution in [3.8, 4) is 12.3 Å². The minimum Gasteiger partial charge on any atom is -0.358 e. The molecule has 4 nitrogen and oxygen atoms in total. The lowest BCUT2D eigenvalue weighted by molar-refractivity contribution is -0.391. The highest BCUT2D eigenvalue weighted by Crippen LogP contribution is 2.22. The maximum absolute atomic E-state index is 10.4. The van der Waals surface area contributed by atoms with Crippen molar-refractivity contribution in [1.29, 1.82) is 0 Å². The normalized spacial score (nSPS) is 12.0. The van der Waals surface area contributed by atoms with Crippen LogP contribution in [0.15, 0.2) is 18.3 Å². The van der Waals surface area contributed by atoms with Gasteiger partial charge in [-0.3, -0.25) is 0 Å². The van der Waals surface area contributed by atoms with Crippen molar-refractivity contribution in [1.82, 2.24) is 4.57 Å². The average Bonchev–Trinajstić information content (AvgIpc) is 2.50. The van der Waals surface area contributed by atoms with E-state index in [0.29, 0.717) is 0 Å². The lowest BCUT2D eigenvalue weighted by Crippen LogP contribution is -2.02. The molecule has 0 saturated carbocycles. The van der Waals surface area contributed by atoms with E-state index in [1.165, 1.54) is 10.6 Å². The molecule has 1 aromatic heterocycles. The molecule has 0 aliphatic carbocycles. The van der Waals surface area contributed by atoms with Crippen LogP contribution in [0.5, 0.6) is 0 Å². The summed E-state index contributed by atoms with van der Waals surface area (Å²) in [5.41, 5.74) is 0. The molecule has 0 fully saturated rings. The average molecular weight is 276 g/mol. The predicted octanol–water partition coefficient (Wildman–Crippen LogP) is 1.96. The summed E-state index contributed by atoms with van der Waals surface area (Å²) in [5, 5.41) is 10.4. The molecule has 0 aliphatic heterocycles. The fourth-order valence-corrected chi connectivity index (χ4v) is 1.28. The first-order chi connectivity index (χ1) is 5.66. The molecule has 12 heavy (non-hydrogen) atoms. The van der Waals surface area contributed by atoms with Gasteiger partial charge in [-0.25, -0.2) is 4.57 Å². The van der Waals surface area contributed by atoms with Gasteiger partial charge in [0.25, 0.3) is 0 Å². The Morgan fingerprint density at radius 1 is 1.83 bits per heavy atom. The molecular weight excluding hydrogens is 271 g/mol. The van der Waals surface area contributed by atoms with Crippen LogP contribution >= 0.6 is 22.6 Å². The van der Waals surface area contributed by atoms with Crippen LogP contribution in [0.25, 0.3) is 0 Å². The molecule has 0 N–H and O–H groups in total. The first kappa shape index (κ1) is 9.06. The molecule has 0 saturated heterocycles. The summed E-state index contributed by atoms with van der Waals surface area (Å²) in [4.78, 5) is 9.96. The Morgan fingerprint density at radius 2 is 2.50 bits per heavy atom. The van der Waals surface area contributed by atoms with Crippen molar-refractivity contribution in [2.24, 2.45) is 0 Å². The van der Waals surface area contributed by atoms with E-state index in [4.69, 9.17) is 6.42 Å². The highest BCUT2D eigenvalue weighted by atomic mass is 127. The van der Waals surface area contributed by atoms with Crippen molar-refractivity contribution < 1.29 is 4.92 Å². The van der Waals surface area contributed by atoms with E-state index in [0.717, 1.165) is 0 Å². The first-order valence-electron chi connectivity index (χ1n) is 3.08. The fraction of sp³-hybridized carbons (Fsp3) is 0.143. The van der Waals surface area contributed by atoms with Crippen molar-refractivity contribution in [3.05, 3.63) is 28.4 Å². The molecule has 0 amide bonds. The zero-order chi connectivity index (χ0) is 9.14. The van der Waals surface area contributed by atoms with Crippen molar-refractivity contribution in [2.45, 2.75) is 4.05 Å². The van der Waals surface area contributed by atoms with Crippen LogP contribution in [0.2, 0.25) is 0 Å². The van der Waals surface area contributed by atoms with Crippen LogP contribution in [-0.4, -0.2) is 9.49 Å². The number of hydrogen-bond donors (Lipinski definition) is 0. The van der Waals surface area contributed by atoms with Crippen LogP contribution < -0.4 is 0 Å². The number of rotatable bonds is 2. The zero-order valence-electron chi connectivity index (χ0n) is 5.98. The van der Waals surface area contributed by atoms with Gasteiger partial charge in [0.2, 0.25) is 4.05 Å². The second kappa shape index (κ2) is 3.58. The number of aromatic nitrogens is 1. The zero-order valence-corrected chi connectivity index (χ0v) is 8.13. The molecule has 1 heterocycles. The summed E-state index contributed by atoms with van der Waals surface area (Å²) in [7, 11) is 0. The lowest BCUT2D eigenvalue weighted by atomic mass is 10.6. The molecule has 0 spiro atoms. The van der Waals surface area contributed by atoms with Gasteiger partial charge < -0.3 is 10.1 Å². The van der Waals surface area contributed by atoms with E-state index in [2.05, 4.69) is 5.92 Å². The Bertz CT molecular complexity index is 339.